The Kier molecular flexibility index (Phi) is 33.5. The number of benzene rings is 4. The summed E-state index contributed by atoms with van der Waals surface area (Å²) in [6.07, 6.45) is 17.7. The molecule has 0 heterocycles. The second-order valence-corrected chi connectivity index (χ2v) is 21.9. The number of aliphatic hydroxyl groups is 8. The average molecular weight is 1180 g/mol. The number of unbranched alkanes of at least 4 members (excludes halogenated alkanes) is 12. The van der Waals surface area contributed by atoms with Crippen LogP contribution in [0.5, 0.6) is 46.0 Å². The molecule has 0 saturated carbocycles. The van der Waals surface area contributed by atoms with Gasteiger partial charge in [0.2, 0.25) is 0 Å². The van der Waals surface area contributed by atoms with Crippen molar-refractivity contribution < 1.29 is 78.7 Å². The second-order valence-electron chi connectivity index (χ2n) is 21.9. The van der Waals surface area contributed by atoms with Gasteiger partial charge in [0.05, 0.1) is 52.9 Å². The molecular formula is C68H104O16. The zero-order valence-electron chi connectivity index (χ0n) is 51.2. The molecule has 0 aliphatic heterocycles. The zero-order valence-corrected chi connectivity index (χ0v) is 51.2. The standard InChI is InChI=1S/C68H104O16/c1-5-9-13-17-21-49-53-41-55(63(79-35-27-71)45-61(53)77-33-25-69)50(22-18-14-10-6-2)57-43-59(67(83-39-31-75)47-65(57)81-37-29-73)52(24-20-16-12-8-4)60-44-58(66(82-38-30-74)48-68(60)84-40-32-76)51(23-19-15-11-7-3)56-42-54(49)62(78-34-26-70)46-64(56)80-36-28-72/h41-52,69-76H,5-40H2,1-4H3. The minimum atomic E-state index is -0.438. The van der Waals surface area contributed by atoms with Gasteiger partial charge in [0.25, 0.3) is 0 Å². The first-order chi connectivity index (χ1) is 41.2. The van der Waals surface area contributed by atoms with Crippen molar-refractivity contribution in [2.75, 3.05) is 106 Å². The highest BCUT2D eigenvalue weighted by molar-refractivity contribution is 5.63. The van der Waals surface area contributed by atoms with Crippen molar-refractivity contribution in [3.8, 4) is 46.0 Å². The molecule has 0 aromatic heterocycles. The maximum absolute atomic E-state index is 10.5. The molecule has 0 unspecified atom stereocenters. The number of aliphatic hydroxyl groups excluding tert-OH is 8. The van der Waals surface area contributed by atoms with Gasteiger partial charge >= 0.3 is 0 Å². The van der Waals surface area contributed by atoms with E-state index in [4.69, 9.17) is 37.9 Å². The summed E-state index contributed by atoms with van der Waals surface area (Å²) in [4.78, 5) is 0. The van der Waals surface area contributed by atoms with Gasteiger partial charge in [0.15, 0.2) is 0 Å². The lowest BCUT2D eigenvalue weighted by Crippen LogP contribution is -2.18. The lowest BCUT2D eigenvalue weighted by Gasteiger charge is -2.32. The van der Waals surface area contributed by atoms with Crippen molar-refractivity contribution in [1.29, 1.82) is 0 Å². The van der Waals surface area contributed by atoms with Crippen molar-refractivity contribution in [2.24, 2.45) is 0 Å². The van der Waals surface area contributed by atoms with E-state index >= 15 is 0 Å². The van der Waals surface area contributed by atoms with Crippen molar-refractivity contribution in [1.82, 2.24) is 0 Å². The first kappa shape index (κ1) is 69.7. The summed E-state index contributed by atoms with van der Waals surface area (Å²) >= 11 is 0. The van der Waals surface area contributed by atoms with Crippen molar-refractivity contribution in [3.63, 3.8) is 0 Å². The van der Waals surface area contributed by atoms with Crippen LogP contribution in [-0.4, -0.2) is 147 Å². The fourth-order valence-electron chi connectivity index (χ4n) is 11.8. The summed E-state index contributed by atoms with van der Waals surface area (Å²) < 4.78 is 53.2. The van der Waals surface area contributed by atoms with E-state index in [9.17, 15) is 40.9 Å². The SMILES string of the molecule is CCCCCCC1c2cc(c(OCCO)cc2OCCO)C(CCCCCC)c2cc(c(OCCO)cc2OCCO)C(CCCCCC)c2cc(c(OCCO)cc2OCCO)C(CCCCCC)c2cc1c(OCCO)cc2OCCO. The molecule has 16 heteroatoms. The molecule has 84 heavy (non-hydrogen) atoms. The highest BCUT2D eigenvalue weighted by atomic mass is 16.5. The molecule has 1 aliphatic carbocycles. The van der Waals surface area contributed by atoms with Gasteiger partial charge in [-0.2, -0.15) is 0 Å². The van der Waals surface area contributed by atoms with E-state index < -0.39 is 23.7 Å². The molecule has 0 atom stereocenters. The Balaban J connectivity index is 2.20. The Morgan fingerprint density at radius 2 is 0.381 bits per heavy atom. The minimum Gasteiger partial charge on any atom is -0.491 e. The van der Waals surface area contributed by atoms with Crippen LogP contribution in [0.4, 0.5) is 0 Å². The van der Waals surface area contributed by atoms with Crippen LogP contribution in [-0.2, 0) is 0 Å². The van der Waals surface area contributed by atoms with Crippen LogP contribution < -0.4 is 37.9 Å². The molecule has 4 aromatic rings. The Hall–Kier alpha value is -5.04. The monoisotopic (exact) mass is 1180 g/mol. The quantitative estimate of drug-likeness (QED) is 0.0192. The molecule has 8 N–H and O–H groups in total. The van der Waals surface area contributed by atoms with E-state index in [1.165, 1.54) is 0 Å². The molecule has 5 rings (SSSR count). The predicted molar refractivity (Wildman–Crippen MR) is 329 cm³/mol. The van der Waals surface area contributed by atoms with Crippen LogP contribution in [0.3, 0.4) is 0 Å². The van der Waals surface area contributed by atoms with Gasteiger partial charge < -0.3 is 78.7 Å². The third kappa shape index (κ3) is 20.6. The summed E-state index contributed by atoms with van der Waals surface area (Å²) in [5.74, 6) is 2.13. The number of fused-ring (bicyclic) bond motifs is 8. The Labute approximate surface area is 501 Å². The van der Waals surface area contributed by atoms with Gasteiger partial charge in [-0.3, -0.25) is 0 Å². The van der Waals surface area contributed by atoms with E-state index in [1.54, 1.807) is 0 Å². The minimum absolute atomic E-state index is 0.0178. The molecule has 0 saturated heterocycles. The van der Waals surface area contributed by atoms with Gasteiger partial charge in [-0.05, 0) is 49.9 Å². The Bertz CT molecular complexity index is 1990. The molecule has 16 nitrogen and oxygen atoms in total. The maximum atomic E-state index is 10.5. The van der Waals surface area contributed by atoms with Crippen LogP contribution in [0.2, 0.25) is 0 Å². The fourth-order valence-corrected chi connectivity index (χ4v) is 11.8. The van der Waals surface area contributed by atoms with E-state index in [2.05, 4.69) is 52.0 Å². The smallest absolute Gasteiger partial charge is 0.126 e. The first-order valence-electron chi connectivity index (χ1n) is 31.9. The van der Waals surface area contributed by atoms with E-state index in [1.807, 2.05) is 24.3 Å². The van der Waals surface area contributed by atoms with Gasteiger partial charge in [0.1, 0.15) is 98.9 Å². The number of rotatable bonds is 44. The topological polar surface area (TPSA) is 236 Å². The molecule has 0 spiro atoms. The van der Waals surface area contributed by atoms with Crippen molar-refractivity contribution in [3.05, 3.63) is 93.0 Å². The zero-order chi connectivity index (χ0) is 60.3. The van der Waals surface area contributed by atoms with E-state index in [0.717, 1.165) is 147 Å². The third-order valence-corrected chi connectivity index (χ3v) is 15.7. The summed E-state index contributed by atoms with van der Waals surface area (Å²) in [5.41, 5.74) is 6.52. The van der Waals surface area contributed by atoms with Gasteiger partial charge in [-0.15, -0.1) is 0 Å². The van der Waals surface area contributed by atoms with Crippen molar-refractivity contribution in [2.45, 2.75) is 180 Å². The number of hydrogen-bond donors (Lipinski definition) is 8. The highest BCUT2D eigenvalue weighted by Crippen LogP contribution is 2.54. The van der Waals surface area contributed by atoms with E-state index in [-0.39, 0.29) is 106 Å². The van der Waals surface area contributed by atoms with Crippen molar-refractivity contribution >= 4 is 0 Å². The first-order valence-corrected chi connectivity index (χ1v) is 31.9. The van der Waals surface area contributed by atoms with E-state index in [0.29, 0.717) is 71.7 Å². The summed E-state index contributed by atoms with van der Waals surface area (Å²) in [7, 11) is 0. The molecule has 472 valence electrons. The second kappa shape index (κ2) is 40.4. The Morgan fingerprint density at radius 3 is 0.512 bits per heavy atom. The molecule has 0 amide bonds. The number of ether oxygens (including phenoxy) is 8. The van der Waals surface area contributed by atoms with Crippen LogP contribution >= 0.6 is 0 Å². The van der Waals surface area contributed by atoms with Crippen LogP contribution in [0.1, 0.15) is 224 Å². The average Bonchev–Trinajstić information content (AvgIpc) is 1.33. The van der Waals surface area contributed by atoms with Gasteiger partial charge in [0, 0.05) is 92.4 Å². The van der Waals surface area contributed by atoms with Crippen LogP contribution in [0.25, 0.3) is 0 Å². The molecule has 8 bridgehead atoms. The third-order valence-electron chi connectivity index (χ3n) is 15.7. The van der Waals surface area contributed by atoms with Gasteiger partial charge in [-0.25, -0.2) is 0 Å². The normalized spacial score (nSPS) is 15.7. The largest absolute Gasteiger partial charge is 0.491 e. The van der Waals surface area contributed by atoms with Crippen LogP contribution in [0.15, 0.2) is 48.5 Å². The summed E-state index contributed by atoms with van der Waals surface area (Å²) in [5, 5.41) is 83.6. The lowest BCUT2D eigenvalue weighted by molar-refractivity contribution is 0.190. The number of hydrogen-bond acceptors (Lipinski definition) is 16. The van der Waals surface area contributed by atoms with Gasteiger partial charge in [-0.1, -0.05) is 130 Å². The lowest BCUT2D eigenvalue weighted by atomic mass is 9.76. The molecule has 1 aliphatic rings. The molecule has 0 radical (unpaired) electrons. The molecule has 4 aromatic carbocycles. The molecule has 0 fully saturated rings. The summed E-state index contributed by atoms with van der Waals surface area (Å²) in [6.45, 7) is 6.53. The van der Waals surface area contributed by atoms with Crippen LogP contribution in [0, 0.1) is 0 Å². The fraction of sp³-hybridized carbons (Fsp3) is 0.647. The highest BCUT2D eigenvalue weighted by Gasteiger charge is 2.35. The Morgan fingerprint density at radius 1 is 0.226 bits per heavy atom. The molecular weight excluding hydrogens is 1070 g/mol. The maximum Gasteiger partial charge on any atom is 0.126 e. The summed E-state index contributed by atoms with van der Waals surface area (Å²) in [6, 6.07) is 16.3. The predicted octanol–water partition coefficient (Wildman–Crippen LogP) is 11.4.